The van der Waals surface area contributed by atoms with E-state index in [0.717, 1.165) is 35.7 Å². The average Bonchev–Trinajstić information content (AvgIpc) is 3.55. The van der Waals surface area contributed by atoms with Gasteiger partial charge in [0.25, 0.3) is 0 Å². The van der Waals surface area contributed by atoms with Crippen LogP contribution in [0.1, 0.15) is 37.7 Å². The maximum Gasteiger partial charge on any atom is 0.246 e. The Balaban J connectivity index is 1.32. The van der Waals surface area contributed by atoms with Crippen molar-refractivity contribution in [2.24, 2.45) is 11.8 Å². The number of halogens is 2. The molecule has 38 heavy (non-hydrogen) atoms. The molecule has 3 fully saturated rings. The lowest BCUT2D eigenvalue weighted by atomic mass is 9.74. The van der Waals surface area contributed by atoms with Crippen LogP contribution in [0.4, 0.5) is 5.69 Å². The number of fused-ring (bicyclic) bond motifs is 1. The Morgan fingerprint density at radius 2 is 1.74 bits per heavy atom. The van der Waals surface area contributed by atoms with Crippen LogP contribution < -0.4 is 10.6 Å². The number of carbonyl (C=O) groups is 3. The molecule has 5 atom stereocenters. The standard InChI is InChI=1S/C29H29BrClN3O4/c30-18-8-12-21(13-9-18)32-26(35)23-22-14-15-29(38-22)24(23)28(37)34(16-17-6-10-19(31)11-7-17)25(29)27(36)33-20-4-2-1-3-5-20/h6-15,20,22-25H,1-5,16H2,(H,32,35)(H,33,36). The zero-order valence-electron chi connectivity index (χ0n) is 20.7. The molecular formula is C29H29BrClN3O4. The zero-order chi connectivity index (χ0) is 26.4. The largest absolute Gasteiger partial charge is 0.359 e. The van der Waals surface area contributed by atoms with Crippen molar-refractivity contribution < 1.29 is 19.1 Å². The van der Waals surface area contributed by atoms with E-state index < -0.39 is 29.6 Å². The van der Waals surface area contributed by atoms with E-state index >= 15 is 0 Å². The van der Waals surface area contributed by atoms with Gasteiger partial charge in [-0.3, -0.25) is 14.4 Å². The van der Waals surface area contributed by atoms with Gasteiger partial charge < -0.3 is 20.3 Å². The molecule has 7 nitrogen and oxygen atoms in total. The molecular weight excluding hydrogens is 570 g/mol. The highest BCUT2D eigenvalue weighted by atomic mass is 79.9. The summed E-state index contributed by atoms with van der Waals surface area (Å²) in [6, 6.07) is 13.7. The summed E-state index contributed by atoms with van der Waals surface area (Å²) in [6.45, 7) is 0.222. The van der Waals surface area contributed by atoms with E-state index in [1.165, 1.54) is 6.42 Å². The number of likely N-dealkylation sites (tertiary alicyclic amines) is 1. The number of nitrogens with zero attached hydrogens (tertiary/aromatic N) is 1. The summed E-state index contributed by atoms with van der Waals surface area (Å²) in [6.07, 6.45) is 8.29. The van der Waals surface area contributed by atoms with Crippen LogP contribution >= 0.6 is 27.5 Å². The van der Waals surface area contributed by atoms with Gasteiger partial charge in [0, 0.05) is 27.8 Å². The number of benzene rings is 2. The van der Waals surface area contributed by atoms with Crippen molar-refractivity contribution in [3.05, 3.63) is 75.7 Å². The molecule has 6 rings (SSSR count). The van der Waals surface area contributed by atoms with Crippen LogP contribution in [0.5, 0.6) is 0 Å². The fourth-order valence-corrected chi connectivity index (χ4v) is 6.90. The Kier molecular flexibility index (Phi) is 6.82. The Bertz CT molecular complexity index is 1280. The summed E-state index contributed by atoms with van der Waals surface area (Å²) in [4.78, 5) is 43.1. The minimum atomic E-state index is -1.19. The molecule has 1 aliphatic carbocycles. The van der Waals surface area contributed by atoms with E-state index in [1.54, 1.807) is 29.2 Å². The second-order valence-corrected chi connectivity index (χ2v) is 12.0. The molecule has 4 aliphatic rings. The van der Waals surface area contributed by atoms with E-state index in [1.807, 2.05) is 36.4 Å². The number of hydrogen-bond acceptors (Lipinski definition) is 4. The van der Waals surface area contributed by atoms with Crippen LogP contribution in [-0.2, 0) is 25.7 Å². The quantitative estimate of drug-likeness (QED) is 0.466. The van der Waals surface area contributed by atoms with Crippen molar-refractivity contribution in [3.63, 3.8) is 0 Å². The van der Waals surface area contributed by atoms with Gasteiger partial charge in [-0.2, -0.15) is 0 Å². The van der Waals surface area contributed by atoms with Gasteiger partial charge in [0.2, 0.25) is 17.7 Å². The lowest BCUT2D eigenvalue weighted by Crippen LogP contribution is -2.56. The van der Waals surface area contributed by atoms with Crippen molar-refractivity contribution >= 4 is 50.9 Å². The Hall–Kier alpha value is -2.68. The summed E-state index contributed by atoms with van der Waals surface area (Å²) >= 11 is 9.49. The molecule has 0 radical (unpaired) electrons. The van der Waals surface area contributed by atoms with E-state index in [-0.39, 0.29) is 30.3 Å². The van der Waals surface area contributed by atoms with E-state index in [2.05, 4.69) is 26.6 Å². The molecule has 9 heteroatoms. The molecule has 5 unspecified atom stereocenters. The SMILES string of the molecule is O=C(Nc1ccc(Br)cc1)C1C2C=CC3(O2)C1C(=O)N(Cc1ccc(Cl)cc1)C3C(=O)NC1CCCCC1. The van der Waals surface area contributed by atoms with Crippen molar-refractivity contribution in [3.8, 4) is 0 Å². The summed E-state index contributed by atoms with van der Waals surface area (Å²) in [5, 5.41) is 6.76. The molecule has 2 aromatic rings. The van der Waals surface area contributed by atoms with Crippen LogP contribution in [0.3, 0.4) is 0 Å². The van der Waals surface area contributed by atoms with E-state index in [4.69, 9.17) is 16.3 Å². The first-order valence-corrected chi connectivity index (χ1v) is 14.3. The highest BCUT2D eigenvalue weighted by Crippen LogP contribution is 2.55. The molecule has 3 heterocycles. The first kappa shape index (κ1) is 25.6. The number of ether oxygens (including phenoxy) is 1. The third-order valence-corrected chi connectivity index (χ3v) is 9.04. The number of hydrogen-bond donors (Lipinski definition) is 2. The number of amides is 3. The maximum absolute atomic E-state index is 14.1. The normalized spacial score (nSPS) is 29.9. The molecule has 1 saturated carbocycles. The van der Waals surface area contributed by atoms with Gasteiger partial charge in [0.15, 0.2) is 0 Å². The second-order valence-electron chi connectivity index (χ2n) is 10.6. The Morgan fingerprint density at radius 3 is 2.45 bits per heavy atom. The topological polar surface area (TPSA) is 87.7 Å². The lowest BCUT2D eigenvalue weighted by Gasteiger charge is -2.34. The fraction of sp³-hybridized carbons (Fsp3) is 0.414. The first-order valence-electron chi connectivity index (χ1n) is 13.1. The van der Waals surface area contributed by atoms with E-state index in [0.29, 0.717) is 10.7 Å². The van der Waals surface area contributed by atoms with Gasteiger partial charge in [-0.25, -0.2) is 0 Å². The molecule has 3 aliphatic heterocycles. The monoisotopic (exact) mass is 597 g/mol. The Morgan fingerprint density at radius 1 is 1.03 bits per heavy atom. The van der Waals surface area contributed by atoms with Gasteiger partial charge in [-0.15, -0.1) is 0 Å². The molecule has 198 valence electrons. The number of carbonyl (C=O) groups excluding carboxylic acids is 3. The molecule has 2 saturated heterocycles. The third kappa shape index (κ3) is 4.46. The molecule has 2 N–H and O–H groups in total. The van der Waals surface area contributed by atoms with E-state index in [9.17, 15) is 14.4 Å². The molecule has 3 amide bonds. The second kappa shape index (κ2) is 10.1. The zero-order valence-corrected chi connectivity index (χ0v) is 23.1. The fourth-order valence-electron chi connectivity index (χ4n) is 6.51. The number of anilines is 1. The van der Waals surface area contributed by atoms with Crippen LogP contribution in [0, 0.1) is 11.8 Å². The number of nitrogens with one attached hydrogen (secondary N) is 2. The minimum absolute atomic E-state index is 0.0817. The number of rotatable bonds is 6. The Labute approximate surface area is 235 Å². The smallest absolute Gasteiger partial charge is 0.246 e. The highest BCUT2D eigenvalue weighted by Gasteiger charge is 2.72. The highest BCUT2D eigenvalue weighted by molar-refractivity contribution is 9.10. The van der Waals surface area contributed by atoms with Crippen LogP contribution in [-0.4, -0.2) is 46.4 Å². The summed E-state index contributed by atoms with van der Waals surface area (Å²) in [5.74, 6) is -2.28. The van der Waals surface area contributed by atoms with Gasteiger partial charge in [-0.1, -0.05) is 71.1 Å². The van der Waals surface area contributed by atoms with Crippen LogP contribution in [0.25, 0.3) is 0 Å². The molecule has 0 aromatic heterocycles. The third-order valence-electron chi connectivity index (χ3n) is 8.25. The predicted molar refractivity (Wildman–Crippen MR) is 147 cm³/mol. The summed E-state index contributed by atoms with van der Waals surface area (Å²) < 4.78 is 7.33. The maximum atomic E-state index is 14.1. The predicted octanol–water partition coefficient (Wildman–Crippen LogP) is 4.84. The van der Waals surface area contributed by atoms with Crippen molar-refractivity contribution in [2.45, 2.75) is 62.4 Å². The van der Waals surface area contributed by atoms with Gasteiger partial charge in [0.1, 0.15) is 11.6 Å². The van der Waals surface area contributed by atoms with Crippen LogP contribution in [0.2, 0.25) is 5.02 Å². The van der Waals surface area contributed by atoms with Gasteiger partial charge in [-0.05, 0) is 54.8 Å². The average molecular weight is 599 g/mol. The molecule has 2 bridgehead atoms. The van der Waals surface area contributed by atoms with Crippen molar-refractivity contribution in [2.75, 3.05) is 5.32 Å². The van der Waals surface area contributed by atoms with Gasteiger partial charge in [0.05, 0.1) is 17.9 Å². The lowest BCUT2D eigenvalue weighted by molar-refractivity contribution is -0.142. The van der Waals surface area contributed by atoms with Crippen molar-refractivity contribution in [1.29, 1.82) is 0 Å². The van der Waals surface area contributed by atoms with Crippen molar-refractivity contribution in [1.82, 2.24) is 10.2 Å². The minimum Gasteiger partial charge on any atom is -0.359 e. The molecule has 1 spiro atoms. The molecule has 2 aromatic carbocycles. The summed E-state index contributed by atoms with van der Waals surface area (Å²) in [7, 11) is 0. The van der Waals surface area contributed by atoms with Gasteiger partial charge >= 0.3 is 0 Å². The summed E-state index contributed by atoms with van der Waals surface area (Å²) in [5.41, 5.74) is 0.298. The first-order chi connectivity index (χ1) is 18.4. The van der Waals surface area contributed by atoms with Crippen LogP contribution in [0.15, 0.2) is 65.2 Å².